The Hall–Kier alpha value is -3.42. The first-order valence-electron chi connectivity index (χ1n) is 10.2. The highest BCUT2D eigenvalue weighted by molar-refractivity contribution is 9.10. The zero-order chi connectivity index (χ0) is 26.9. The highest BCUT2D eigenvalue weighted by Crippen LogP contribution is 2.41. The smallest absolute Gasteiger partial charge is 0.416 e. The molecule has 7 nitrogen and oxygen atoms in total. The van der Waals surface area contributed by atoms with Gasteiger partial charge in [0.2, 0.25) is 5.75 Å². The standard InChI is InChI=1S/C24H14BrF3N2O5S2/c1-34-20-10-13(11-21-22(31)29(23(36)37-21)16-6-4-15(25)5-7-16)2-8-19(20)35-18-9-3-14(24(26,27)28)12-17(18)30(32)33/h2-12H,1H3/b21-11+. The van der Waals surface area contributed by atoms with E-state index in [1.54, 1.807) is 36.4 Å². The van der Waals surface area contributed by atoms with E-state index >= 15 is 0 Å². The zero-order valence-corrected chi connectivity index (χ0v) is 21.8. The van der Waals surface area contributed by atoms with Crippen LogP contribution >= 0.6 is 39.9 Å². The number of nitrogens with zero attached hydrogens (tertiary/aromatic N) is 2. The molecule has 0 radical (unpaired) electrons. The first kappa shape index (κ1) is 26.6. The average Bonchev–Trinajstić information content (AvgIpc) is 3.12. The number of thiocarbonyl (C=S) groups is 1. The van der Waals surface area contributed by atoms with Crippen molar-refractivity contribution in [2.45, 2.75) is 6.18 Å². The van der Waals surface area contributed by atoms with Gasteiger partial charge in [-0.3, -0.25) is 19.8 Å². The van der Waals surface area contributed by atoms with Crippen LogP contribution in [0.4, 0.5) is 24.5 Å². The second-order valence-corrected chi connectivity index (χ2v) is 10.0. The van der Waals surface area contributed by atoms with Crippen LogP contribution in [0.5, 0.6) is 17.2 Å². The third-order valence-corrected chi connectivity index (χ3v) is 6.90. The number of methoxy groups -OCH3 is 1. The van der Waals surface area contributed by atoms with Crippen molar-refractivity contribution in [1.82, 2.24) is 0 Å². The van der Waals surface area contributed by atoms with E-state index in [1.807, 2.05) is 0 Å². The maximum atomic E-state index is 13.0. The number of benzene rings is 3. The molecule has 37 heavy (non-hydrogen) atoms. The molecule has 0 aliphatic carbocycles. The third-order valence-electron chi connectivity index (χ3n) is 5.07. The summed E-state index contributed by atoms with van der Waals surface area (Å²) < 4.78 is 51.0. The summed E-state index contributed by atoms with van der Waals surface area (Å²) in [5, 5.41) is 11.4. The predicted molar refractivity (Wildman–Crippen MR) is 141 cm³/mol. The lowest BCUT2D eigenvalue weighted by molar-refractivity contribution is -0.385. The summed E-state index contributed by atoms with van der Waals surface area (Å²) in [6, 6.07) is 13.6. The molecule has 1 aliphatic rings. The lowest BCUT2D eigenvalue weighted by Crippen LogP contribution is -2.27. The highest BCUT2D eigenvalue weighted by Gasteiger charge is 2.34. The van der Waals surface area contributed by atoms with Gasteiger partial charge in [-0.2, -0.15) is 13.2 Å². The molecule has 0 bridgehead atoms. The van der Waals surface area contributed by atoms with Gasteiger partial charge in [-0.25, -0.2) is 0 Å². The Morgan fingerprint density at radius 2 is 1.73 bits per heavy atom. The number of hydrogen-bond donors (Lipinski definition) is 0. The monoisotopic (exact) mass is 610 g/mol. The summed E-state index contributed by atoms with van der Waals surface area (Å²) in [7, 11) is 1.33. The molecule has 1 aliphatic heterocycles. The molecule has 0 aromatic heterocycles. The van der Waals surface area contributed by atoms with E-state index in [1.165, 1.54) is 24.1 Å². The molecule has 0 atom stereocenters. The molecule has 1 fully saturated rings. The molecule has 1 saturated heterocycles. The number of hydrogen-bond acceptors (Lipinski definition) is 7. The summed E-state index contributed by atoms with van der Waals surface area (Å²) >= 11 is 9.85. The van der Waals surface area contributed by atoms with Gasteiger partial charge in [-0.15, -0.1) is 0 Å². The Labute approximate surface area is 226 Å². The van der Waals surface area contributed by atoms with Gasteiger partial charge < -0.3 is 9.47 Å². The predicted octanol–water partition coefficient (Wildman–Crippen LogP) is 7.58. The molecule has 190 valence electrons. The molecule has 1 amide bonds. The topological polar surface area (TPSA) is 81.9 Å². The van der Waals surface area contributed by atoms with E-state index in [-0.39, 0.29) is 23.2 Å². The quantitative estimate of drug-likeness (QED) is 0.123. The molecule has 3 aromatic carbocycles. The Morgan fingerprint density at radius 3 is 2.35 bits per heavy atom. The van der Waals surface area contributed by atoms with Gasteiger partial charge in [-0.05, 0) is 60.2 Å². The van der Waals surface area contributed by atoms with E-state index in [0.29, 0.717) is 32.6 Å². The van der Waals surface area contributed by atoms with Crippen LogP contribution in [0.15, 0.2) is 70.0 Å². The number of halogens is 4. The molecule has 13 heteroatoms. The van der Waals surface area contributed by atoms with Crippen LogP contribution in [0.1, 0.15) is 11.1 Å². The van der Waals surface area contributed by atoms with Crippen molar-refractivity contribution in [3.63, 3.8) is 0 Å². The van der Waals surface area contributed by atoms with Crippen LogP contribution in [0, 0.1) is 10.1 Å². The summed E-state index contributed by atoms with van der Waals surface area (Å²) in [6.07, 6.45) is -3.15. The fourth-order valence-electron chi connectivity index (χ4n) is 3.33. The van der Waals surface area contributed by atoms with Crippen molar-refractivity contribution in [3.05, 3.63) is 91.3 Å². The maximum absolute atomic E-state index is 13.0. The number of amides is 1. The number of carbonyl (C=O) groups excluding carboxylic acids is 1. The number of nitro groups is 1. The molecule has 0 unspecified atom stereocenters. The van der Waals surface area contributed by atoms with Crippen molar-refractivity contribution in [3.8, 4) is 17.2 Å². The van der Waals surface area contributed by atoms with Crippen LogP contribution in [-0.4, -0.2) is 22.3 Å². The molecular formula is C24H14BrF3N2O5S2. The number of thioether (sulfide) groups is 1. The van der Waals surface area contributed by atoms with Gasteiger partial charge in [0.1, 0.15) is 0 Å². The van der Waals surface area contributed by atoms with Crippen LogP contribution in [0.25, 0.3) is 6.08 Å². The lowest BCUT2D eigenvalue weighted by Gasteiger charge is -2.14. The minimum atomic E-state index is -4.75. The van der Waals surface area contributed by atoms with Gasteiger partial charge in [0, 0.05) is 10.5 Å². The summed E-state index contributed by atoms with van der Waals surface area (Å²) in [5.74, 6) is -0.521. The minimum Gasteiger partial charge on any atom is -0.493 e. The van der Waals surface area contributed by atoms with Crippen LogP contribution in [0.2, 0.25) is 0 Å². The Kier molecular flexibility index (Phi) is 7.57. The highest BCUT2D eigenvalue weighted by atomic mass is 79.9. The summed E-state index contributed by atoms with van der Waals surface area (Å²) in [6.45, 7) is 0. The first-order valence-corrected chi connectivity index (χ1v) is 12.2. The number of ether oxygens (including phenoxy) is 2. The van der Waals surface area contributed by atoms with Crippen LogP contribution < -0.4 is 14.4 Å². The number of carbonyl (C=O) groups is 1. The van der Waals surface area contributed by atoms with Gasteiger partial charge >= 0.3 is 11.9 Å². The second kappa shape index (κ2) is 10.5. The van der Waals surface area contributed by atoms with E-state index in [0.717, 1.165) is 22.3 Å². The Morgan fingerprint density at radius 1 is 1.05 bits per heavy atom. The molecule has 0 saturated carbocycles. The molecule has 0 spiro atoms. The lowest BCUT2D eigenvalue weighted by atomic mass is 10.1. The number of anilines is 1. The Bertz CT molecular complexity index is 1450. The fraction of sp³-hybridized carbons (Fsp3) is 0.0833. The number of rotatable bonds is 6. The second-order valence-electron chi connectivity index (χ2n) is 7.44. The summed E-state index contributed by atoms with van der Waals surface area (Å²) in [5.41, 5.74) is -0.858. The minimum absolute atomic E-state index is 0.0323. The Balaban J connectivity index is 1.61. The molecule has 0 N–H and O–H groups in total. The van der Waals surface area contributed by atoms with E-state index in [9.17, 15) is 28.1 Å². The SMILES string of the molecule is COc1cc(/C=C2/SC(=S)N(c3ccc(Br)cc3)C2=O)ccc1Oc1ccc(C(F)(F)F)cc1[N+](=O)[O-]. The zero-order valence-electron chi connectivity index (χ0n) is 18.6. The molecular weight excluding hydrogens is 597 g/mol. The molecule has 3 aromatic rings. The van der Waals surface area contributed by atoms with Crippen LogP contribution in [0.3, 0.4) is 0 Å². The van der Waals surface area contributed by atoms with Gasteiger partial charge in [0.05, 0.1) is 28.2 Å². The van der Waals surface area contributed by atoms with Gasteiger partial charge in [0.15, 0.2) is 15.8 Å². The fourth-order valence-corrected chi connectivity index (χ4v) is 4.89. The summed E-state index contributed by atoms with van der Waals surface area (Å²) in [4.78, 5) is 25.2. The van der Waals surface area contributed by atoms with Crippen molar-refractivity contribution < 1.29 is 32.4 Å². The van der Waals surface area contributed by atoms with Crippen molar-refractivity contribution in [2.24, 2.45) is 0 Å². The van der Waals surface area contributed by atoms with Gasteiger partial charge in [0.25, 0.3) is 5.91 Å². The molecule has 4 rings (SSSR count). The van der Waals surface area contributed by atoms with Crippen LogP contribution in [-0.2, 0) is 11.0 Å². The van der Waals surface area contributed by atoms with E-state index < -0.39 is 22.4 Å². The normalized spacial score (nSPS) is 14.8. The van der Waals surface area contributed by atoms with Crippen molar-refractivity contribution in [1.29, 1.82) is 0 Å². The first-order chi connectivity index (χ1) is 17.5. The number of nitro benzene ring substituents is 1. The third kappa shape index (κ3) is 5.78. The van der Waals surface area contributed by atoms with E-state index in [2.05, 4.69) is 15.9 Å². The number of alkyl halides is 3. The van der Waals surface area contributed by atoms with Crippen molar-refractivity contribution in [2.75, 3.05) is 12.0 Å². The van der Waals surface area contributed by atoms with E-state index in [4.69, 9.17) is 21.7 Å². The average molecular weight is 611 g/mol. The molecule has 1 heterocycles. The largest absolute Gasteiger partial charge is 0.493 e. The van der Waals surface area contributed by atoms with Crippen molar-refractivity contribution >= 4 is 67.6 Å². The maximum Gasteiger partial charge on any atom is 0.416 e. The van der Waals surface area contributed by atoms with Gasteiger partial charge in [-0.1, -0.05) is 46.0 Å².